The number of nitro groups is 1. The number of amides is 1. The highest BCUT2D eigenvalue weighted by atomic mass is 35.5. The maximum absolute atomic E-state index is 12.6. The fourth-order valence-electron chi connectivity index (χ4n) is 3.28. The molecule has 1 amide bonds. The SMILES string of the molecule is COc1cc(/C=C/C(=O)N2CCN(c3ccc(Cl)cc3[N+](=O)[O-])CC2)cc(OC)c1. The van der Waals surface area contributed by atoms with Crippen molar-refractivity contribution in [2.75, 3.05) is 45.3 Å². The van der Waals surface area contributed by atoms with Gasteiger partial charge in [0.05, 0.1) is 19.1 Å². The van der Waals surface area contributed by atoms with Gasteiger partial charge in [-0.05, 0) is 35.9 Å². The van der Waals surface area contributed by atoms with E-state index in [4.69, 9.17) is 21.1 Å². The van der Waals surface area contributed by atoms with Crippen molar-refractivity contribution < 1.29 is 19.2 Å². The first-order valence-electron chi connectivity index (χ1n) is 9.30. The zero-order chi connectivity index (χ0) is 21.7. The number of carbonyl (C=O) groups is 1. The number of piperazine rings is 1. The Balaban J connectivity index is 1.65. The molecule has 0 N–H and O–H groups in total. The van der Waals surface area contributed by atoms with Crippen LogP contribution in [0.1, 0.15) is 5.56 Å². The quantitative estimate of drug-likeness (QED) is 0.394. The number of halogens is 1. The van der Waals surface area contributed by atoms with Crippen molar-refractivity contribution in [1.82, 2.24) is 4.90 Å². The second-order valence-electron chi connectivity index (χ2n) is 6.68. The van der Waals surface area contributed by atoms with Gasteiger partial charge in [0, 0.05) is 49.4 Å². The van der Waals surface area contributed by atoms with Crippen LogP contribution in [-0.2, 0) is 4.79 Å². The lowest BCUT2D eigenvalue weighted by Crippen LogP contribution is -2.48. The molecule has 8 nitrogen and oxygen atoms in total. The second kappa shape index (κ2) is 9.49. The predicted molar refractivity (Wildman–Crippen MR) is 115 cm³/mol. The fourth-order valence-corrected chi connectivity index (χ4v) is 3.44. The predicted octanol–water partition coefficient (Wildman–Crippen LogP) is 3.63. The number of benzene rings is 2. The van der Waals surface area contributed by atoms with Gasteiger partial charge in [0.25, 0.3) is 5.69 Å². The van der Waals surface area contributed by atoms with Gasteiger partial charge in [0.2, 0.25) is 5.91 Å². The first-order valence-corrected chi connectivity index (χ1v) is 9.68. The number of hydrogen-bond donors (Lipinski definition) is 0. The van der Waals surface area contributed by atoms with Crippen LogP contribution in [0.15, 0.2) is 42.5 Å². The lowest BCUT2D eigenvalue weighted by Gasteiger charge is -2.35. The van der Waals surface area contributed by atoms with Crippen LogP contribution in [0.2, 0.25) is 5.02 Å². The maximum Gasteiger partial charge on any atom is 0.294 e. The van der Waals surface area contributed by atoms with Gasteiger partial charge < -0.3 is 19.3 Å². The standard InChI is InChI=1S/C21H22ClN3O5/c1-29-17-11-15(12-18(14-17)30-2)3-6-21(26)24-9-7-23(8-10-24)19-5-4-16(22)13-20(19)25(27)28/h3-6,11-14H,7-10H2,1-2H3/b6-3+. The van der Waals surface area contributed by atoms with Crippen LogP contribution in [0, 0.1) is 10.1 Å². The Hall–Kier alpha value is -3.26. The number of ether oxygens (including phenoxy) is 2. The lowest BCUT2D eigenvalue weighted by atomic mass is 10.1. The van der Waals surface area contributed by atoms with Crippen molar-refractivity contribution in [2.45, 2.75) is 0 Å². The monoisotopic (exact) mass is 431 g/mol. The van der Waals surface area contributed by atoms with Crippen LogP contribution >= 0.6 is 11.6 Å². The normalized spacial score (nSPS) is 14.1. The summed E-state index contributed by atoms with van der Waals surface area (Å²) in [5.41, 5.74) is 1.26. The van der Waals surface area contributed by atoms with E-state index < -0.39 is 4.92 Å². The van der Waals surface area contributed by atoms with Crippen LogP contribution in [0.3, 0.4) is 0 Å². The molecule has 0 atom stereocenters. The van der Waals surface area contributed by atoms with E-state index in [0.717, 1.165) is 5.56 Å². The maximum atomic E-state index is 12.6. The number of methoxy groups -OCH3 is 2. The Kier molecular flexibility index (Phi) is 6.79. The van der Waals surface area contributed by atoms with Gasteiger partial charge in [-0.15, -0.1) is 0 Å². The van der Waals surface area contributed by atoms with E-state index in [1.165, 1.54) is 12.1 Å². The van der Waals surface area contributed by atoms with Crippen LogP contribution in [0.5, 0.6) is 11.5 Å². The summed E-state index contributed by atoms with van der Waals surface area (Å²) in [4.78, 5) is 27.1. The minimum atomic E-state index is -0.441. The van der Waals surface area contributed by atoms with Crippen LogP contribution in [0.25, 0.3) is 6.08 Å². The van der Waals surface area contributed by atoms with E-state index in [2.05, 4.69) is 0 Å². The van der Waals surface area contributed by atoms with E-state index in [1.807, 2.05) is 17.0 Å². The minimum Gasteiger partial charge on any atom is -0.497 e. The largest absolute Gasteiger partial charge is 0.497 e. The molecule has 0 spiro atoms. The fraction of sp³-hybridized carbons (Fsp3) is 0.286. The van der Waals surface area contributed by atoms with Crippen molar-refractivity contribution >= 4 is 35.0 Å². The van der Waals surface area contributed by atoms with E-state index in [-0.39, 0.29) is 11.6 Å². The molecule has 0 aromatic heterocycles. The molecular formula is C21H22ClN3O5. The first-order chi connectivity index (χ1) is 14.4. The summed E-state index contributed by atoms with van der Waals surface area (Å²) in [6.45, 7) is 1.92. The van der Waals surface area contributed by atoms with E-state index in [0.29, 0.717) is 48.4 Å². The third-order valence-electron chi connectivity index (χ3n) is 4.86. The molecule has 1 aliphatic heterocycles. The summed E-state index contributed by atoms with van der Waals surface area (Å²) in [7, 11) is 3.13. The van der Waals surface area contributed by atoms with E-state index >= 15 is 0 Å². The smallest absolute Gasteiger partial charge is 0.294 e. The van der Waals surface area contributed by atoms with Crippen molar-refractivity contribution in [3.63, 3.8) is 0 Å². The Morgan fingerprint density at radius 3 is 2.27 bits per heavy atom. The zero-order valence-corrected chi connectivity index (χ0v) is 17.5. The van der Waals surface area contributed by atoms with Gasteiger partial charge in [0.15, 0.2) is 0 Å². The van der Waals surface area contributed by atoms with Crippen molar-refractivity contribution in [3.05, 3.63) is 63.2 Å². The van der Waals surface area contributed by atoms with Gasteiger partial charge in [-0.2, -0.15) is 0 Å². The minimum absolute atomic E-state index is 0.0332. The van der Waals surface area contributed by atoms with E-state index in [1.54, 1.807) is 43.4 Å². The molecule has 0 saturated carbocycles. The molecule has 1 aliphatic rings. The van der Waals surface area contributed by atoms with E-state index in [9.17, 15) is 14.9 Å². The molecule has 3 rings (SSSR count). The Morgan fingerprint density at radius 2 is 1.70 bits per heavy atom. The molecule has 30 heavy (non-hydrogen) atoms. The molecule has 0 aliphatic carbocycles. The van der Waals surface area contributed by atoms with Crippen LogP contribution in [-0.4, -0.2) is 56.1 Å². The highest BCUT2D eigenvalue weighted by Crippen LogP contribution is 2.31. The summed E-state index contributed by atoms with van der Waals surface area (Å²) >= 11 is 5.89. The average molecular weight is 432 g/mol. The number of anilines is 1. The Morgan fingerprint density at radius 1 is 1.07 bits per heavy atom. The van der Waals surface area contributed by atoms with Crippen molar-refractivity contribution in [1.29, 1.82) is 0 Å². The molecule has 0 unspecified atom stereocenters. The lowest BCUT2D eigenvalue weighted by molar-refractivity contribution is -0.384. The highest BCUT2D eigenvalue weighted by Gasteiger charge is 2.25. The summed E-state index contributed by atoms with van der Waals surface area (Å²) in [6, 6.07) is 10.0. The highest BCUT2D eigenvalue weighted by molar-refractivity contribution is 6.30. The molecule has 0 radical (unpaired) electrons. The molecular weight excluding hydrogens is 410 g/mol. The van der Waals surface area contributed by atoms with Gasteiger partial charge in [-0.25, -0.2) is 0 Å². The number of nitrogens with zero attached hydrogens (tertiary/aromatic N) is 3. The van der Waals surface area contributed by atoms with Gasteiger partial charge in [-0.1, -0.05) is 11.6 Å². The summed E-state index contributed by atoms with van der Waals surface area (Å²) < 4.78 is 10.5. The van der Waals surface area contributed by atoms with Crippen LogP contribution < -0.4 is 14.4 Å². The molecule has 2 aromatic rings. The van der Waals surface area contributed by atoms with Crippen molar-refractivity contribution in [3.8, 4) is 11.5 Å². The van der Waals surface area contributed by atoms with Crippen molar-refractivity contribution in [2.24, 2.45) is 0 Å². The molecule has 1 fully saturated rings. The molecule has 0 bridgehead atoms. The third-order valence-corrected chi connectivity index (χ3v) is 5.09. The number of hydrogen-bond acceptors (Lipinski definition) is 6. The first kappa shape index (κ1) is 21.4. The summed E-state index contributed by atoms with van der Waals surface area (Å²) in [6.07, 6.45) is 3.22. The second-order valence-corrected chi connectivity index (χ2v) is 7.12. The molecule has 2 aromatic carbocycles. The van der Waals surface area contributed by atoms with Gasteiger partial charge in [-0.3, -0.25) is 14.9 Å². The average Bonchev–Trinajstić information content (AvgIpc) is 2.77. The molecule has 9 heteroatoms. The number of carbonyl (C=O) groups excluding carboxylic acids is 1. The molecule has 158 valence electrons. The third kappa shape index (κ3) is 5.01. The number of rotatable bonds is 6. The topological polar surface area (TPSA) is 85.2 Å². The Bertz CT molecular complexity index is 949. The molecule has 1 heterocycles. The van der Waals surface area contributed by atoms with Crippen LogP contribution in [0.4, 0.5) is 11.4 Å². The number of nitro benzene ring substituents is 1. The van der Waals surface area contributed by atoms with Gasteiger partial charge >= 0.3 is 0 Å². The molecule has 1 saturated heterocycles. The summed E-state index contributed by atoms with van der Waals surface area (Å²) in [5, 5.41) is 11.6. The van der Waals surface area contributed by atoms with Gasteiger partial charge in [0.1, 0.15) is 17.2 Å². The zero-order valence-electron chi connectivity index (χ0n) is 16.7. The Labute approximate surface area is 179 Å². The summed E-state index contributed by atoms with van der Waals surface area (Å²) in [5.74, 6) is 1.15.